The maximum absolute atomic E-state index is 12.5. The van der Waals surface area contributed by atoms with E-state index in [1.165, 1.54) is 0 Å². The first-order valence-corrected chi connectivity index (χ1v) is 8.21. The standard InChI is InChI=1S/C16H15BrClN3O/c17-13-9-12(10-19-11-13)16(22)21-7-5-20(6-8-21)15-4-2-1-3-14(15)18/h1-4,9-11H,5-8H2. The van der Waals surface area contributed by atoms with Crippen LogP contribution >= 0.6 is 27.5 Å². The van der Waals surface area contributed by atoms with Crippen molar-refractivity contribution in [2.24, 2.45) is 0 Å². The summed E-state index contributed by atoms with van der Waals surface area (Å²) in [5.74, 6) is 0.0209. The fourth-order valence-electron chi connectivity index (χ4n) is 2.57. The molecule has 4 nitrogen and oxygen atoms in total. The average molecular weight is 381 g/mol. The second-order valence-electron chi connectivity index (χ2n) is 5.12. The summed E-state index contributed by atoms with van der Waals surface area (Å²) in [5.41, 5.74) is 1.64. The lowest BCUT2D eigenvalue weighted by atomic mass is 10.2. The van der Waals surface area contributed by atoms with Crippen LogP contribution in [0.3, 0.4) is 0 Å². The summed E-state index contributed by atoms with van der Waals surface area (Å²) in [5, 5.41) is 0.749. The maximum Gasteiger partial charge on any atom is 0.255 e. The molecule has 6 heteroatoms. The summed E-state index contributed by atoms with van der Waals surface area (Å²) in [6.45, 7) is 2.90. The number of halogens is 2. The molecule has 3 rings (SSSR count). The molecule has 1 saturated heterocycles. The Kier molecular flexibility index (Phi) is 4.64. The summed E-state index contributed by atoms with van der Waals surface area (Å²) in [4.78, 5) is 20.6. The van der Waals surface area contributed by atoms with Crippen LogP contribution in [0.1, 0.15) is 10.4 Å². The van der Waals surface area contributed by atoms with E-state index in [0.29, 0.717) is 18.7 Å². The predicted molar refractivity (Wildman–Crippen MR) is 91.5 cm³/mol. The molecule has 0 unspecified atom stereocenters. The van der Waals surface area contributed by atoms with Crippen molar-refractivity contribution in [2.45, 2.75) is 0 Å². The Balaban J connectivity index is 1.67. The summed E-state index contributed by atoms with van der Waals surface area (Å²) < 4.78 is 0.813. The van der Waals surface area contributed by atoms with Crippen LogP contribution in [0.15, 0.2) is 47.2 Å². The van der Waals surface area contributed by atoms with Crippen molar-refractivity contribution in [1.29, 1.82) is 0 Å². The topological polar surface area (TPSA) is 36.4 Å². The number of carbonyl (C=O) groups is 1. The van der Waals surface area contributed by atoms with Crippen LogP contribution in [-0.4, -0.2) is 42.0 Å². The molecular formula is C16H15BrClN3O. The van der Waals surface area contributed by atoms with Crippen molar-refractivity contribution in [3.63, 3.8) is 0 Å². The summed E-state index contributed by atoms with van der Waals surface area (Å²) in [7, 11) is 0. The molecule has 2 heterocycles. The Labute approximate surface area is 142 Å². The molecule has 22 heavy (non-hydrogen) atoms. The van der Waals surface area contributed by atoms with Gasteiger partial charge < -0.3 is 9.80 Å². The van der Waals surface area contributed by atoms with Gasteiger partial charge in [0.1, 0.15) is 0 Å². The second kappa shape index (κ2) is 6.67. The molecule has 1 aromatic carbocycles. The van der Waals surface area contributed by atoms with E-state index in [1.807, 2.05) is 29.2 Å². The third kappa shape index (κ3) is 3.25. The highest BCUT2D eigenvalue weighted by atomic mass is 79.9. The van der Waals surface area contributed by atoms with E-state index < -0.39 is 0 Å². The minimum absolute atomic E-state index is 0.0209. The van der Waals surface area contributed by atoms with Crippen LogP contribution in [-0.2, 0) is 0 Å². The fourth-order valence-corrected chi connectivity index (χ4v) is 3.19. The zero-order valence-corrected chi connectivity index (χ0v) is 14.2. The minimum Gasteiger partial charge on any atom is -0.367 e. The molecule has 0 N–H and O–H groups in total. The lowest BCUT2D eigenvalue weighted by Gasteiger charge is -2.36. The molecule has 1 aliphatic rings. The van der Waals surface area contributed by atoms with Gasteiger partial charge in [-0.05, 0) is 34.1 Å². The van der Waals surface area contributed by atoms with Crippen molar-refractivity contribution < 1.29 is 4.79 Å². The zero-order valence-electron chi connectivity index (χ0n) is 11.9. The number of piperazine rings is 1. The van der Waals surface area contributed by atoms with Gasteiger partial charge in [-0.25, -0.2) is 0 Å². The van der Waals surface area contributed by atoms with Crippen molar-refractivity contribution >= 4 is 39.1 Å². The fraction of sp³-hybridized carbons (Fsp3) is 0.250. The van der Waals surface area contributed by atoms with E-state index in [9.17, 15) is 4.79 Å². The molecule has 1 amide bonds. The molecule has 0 atom stereocenters. The molecule has 2 aromatic rings. The van der Waals surface area contributed by atoms with E-state index in [4.69, 9.17) is 11.6 Å². The zero-order chi connectivity index (χ0) is 15.5. The van der Waals surface area contributed by atoms with Gasteiger partial charge in [0.25, 0.3) is 5.91 Å². The first kappa shape index (κ1) is 15.3. The number of carbonyl (C=O) groups excluding carboxylic acids is 1. The van der Waals surface area contributed by atoms with Crippen molar-refractivity contribution in [3.8, 4) is 0 Å². The van der Waals surface area contributed by atoms with Crippen LogP contribution in [0.5, 0.6) is 0 Å². The molecule has 114 valence electrons. The molecule has 0 spiro atoms. The van der Waals surface area contributed by atoms with Gasteiger partial charge in [0.15, 0.2) is 0 Å². The lowest BCUT2D eigenvalue weighted by Crippen LogP contribution is -2.48. The van der Waals surface area contributed by atoms with E-state index in [1.54, 1.807) is 18.5 Å². The SMILES string of the molecule is O=C(c1cncc(Br)c1)N1CCN(c2ccccc2Cl)CC1. The molecule has 1 aliphatic heterocycles. The quantitative estimate of drug-likeness (QED) is 0.800. The normalized spacial score (nSPS) is 15.0. The number of hydrogen-bond acceptors (Lipinski definition) is 3. The van der Waals surface area contributed by atoms with E-state index in [2.05, 4.69) is 25.8 Å². The van der Waals surface area contributed by atoms with Gasteiger partial charge in [0, 0.05) is 43.0 Å². The number of rotatable bonds is 2. The summed E-state index contributed by atoms with van der Waals surface area (Å²) in [6.07, 6.45) is 3.28. The second-order valence-corrected chi connectivity index (χ2v) is 6.45. The molecule has 0 radical (unpaired) electrons. The highest BCUT2D eigenvalue weighted by Gasteiger charge is 2.23. The van der Waals surface area contributed by atoms with Crippen LogP contribution in [0.2, 0.25) is 5.02 Å². The lowest BCUT2D eigenvalue weighted by molar-refractivity contribution is 0.0746. The third-order valence-corrected chi connectivity index (χ3v) is 4.47. The number of pyridine rings is 1. The van der Waals surface area contributed by atoms with Crippen LogP contribution in [0.25, 0.3) is 0 Å². The Hall–Kier alpha value is -1.59. The van der Waals surface area contributed by atoms with Crippen molar-refractivity contribution in [2.75, 3.05) is 31.1 Å². The van der Waals surface area contributed by atoms with Crippen LogP contribution in [0, 0.1) is 0 Å². The van der Waals surface area contributed by atoms with Crippen LogP contribution in [0.4, 0.5) is 5.69 Å². The first-order valence-electron chi connectivity index (χ1n) is 7.04. The third-order valence-electron chi connectivity index (χ3n) is 3.71. The number of aromatic nitrogens is 1. The van der Waals surface area contributed by atoms with Gasteiger partial charge in [0.2, 0.25) is 0 Å². The predicted octanol–water partition coefficient (Wildman–Crippen LogP) is 3.46. The average Bonchev–Trinajstić information content (AvgIpc) is 2.55. The largest absolute Gasteiger partial charge is 0.367 e. The highest BCUT2D eigenvalue weighted by Crippen LogP contribution is 2.26. The molecule has 1 aromatic heterocycles. The van der Waals surface area contributed by atoms with Gasteiger partial charge in [-0.3, -0.25) is 9.78 Å². The molecule has 1 fully saturated rings. The molecule has 0 aliphatic carbocycles. The summed E-state index contributed by atoms with van der Waals surface area (Å²) in [6, 6.07) is 9.60. The highest BCUT2D eigenvalue weighted by molar-refractivity contribution is 9.10. The van der Waals surface area contributed by atoms with E-state index in [0.717, 1.165) is 28.3 Å². The molecule has 0 saturated carbocycles. The van der Waals surface area contributed by atoms with Gasteiger partial charge in [0.05, 0.1) is 16.3 Å². The van der Waals surface area contributed by atoms with E-state index in [-0.39, 0.29) is 5.91 Å². The smallest absolute Gasteiger partial charge is 0.255 e. The van der Waals surface area contributed by atoms with Crippen LogP contribution < -0.4 is 4.90 Å². The maximum atomic E-state index is 12.5. The Morgan fingerprint density at radius 1 is 1.14 bits per heavy atom. The number of nitrogens with zero attached hydrogens (tertiary/aromatic N) is 3. The number of anilines is 1. The Morgan fingerprint density at radius 2 is 1.86 bits per heavy atom. The number of hydrogen-bond donors (Lipinski definition) is 0. The van der Waals surface area contributed by atoms with Gasteiger partial charge in [-0.15, -0.1) is 0 Å². The van der Waals surface area contributed by atoms with Crippen molar-refractivity contribution in [3.05, 3.63) is 57.8 Å². The van der Waals surface area contributed by atoms with Crippen molar-refractivity contribution in [1.82, 2.24) is 9.88 Å². The van der Waals surface area contributed by atoms with Gasteiger partial charge in [-0.1, -0.05) is 23.7 Å². The summed E-state index contributed by atoms with van der Waals surface area (Å²) >= 11 is 9.58. The minimum atomic E-state index is 0.0209. The van der Waals surface area contributed by atoms with E-state index >= 15 is 0 Å². The monoisotopic (exact) mass is 379 g/mol. The molecule has 0 bridgehead atoms. The first-order chi connectivity index (χ1) is 10.6. The number of amides is 1. The van der Waals surface area contributed by atoms with Gasteiger partial charge in [-0.2, -0.15) is 0 Å². The Morgan fingerprint density at radius 3 is 2.55 bits per heavy atom. The Bertz CT molecular complexity index is 687. The molecular weight excluding hydrogens is 366 g/mol. The number of benzene rings is 1. The number of para-hydroxylation sites is 1. The van der Waals surface area contributed by atoms with Gasteiger partial charge >= 0.3 is 0 Å².